The fraction of sp³-hybridized carbons (Fsp3) is 0.613. The highest BCUT2D eigenvalue weighted by Gasteiger charge is 2.40. The van der Waals surface area contributed by atoms with Gasteiger partial charge in [0.25, 0.3) is 0 Å². The Bertz CT molecular complexity index is 805. The van der Waals surface area contributed by atoms with Gasteiger partial charge in [0.15, 0.2) is 0 Å². The van der Waals surface area contributed by atoms with Crippen LogP contribution >= 0.6 is 0 Å². The Balaban J connectivity index is 2.04. The molecule has 0 bridgehead atoms. The summed E-state index contributed by atoms with van der Waals surface area (Å²) in [7, 11) is 0. The van der Waals surface area contributed by atoms with Crippen molar-refractivity contribution in [2.45, 2.75) is 113 Å². The van der Waals surface area contributed by atoms with E-state index < -0.39 is 0 Å². The fourth-order valence-corrected chi connectivity index (χ4v) is 7.23. The van der Waals surface area contributed by atoms with Crippen molar-refractivity contribution in [3.63, 3.8) is 0 Å². The van der Waals surface area contributed by atoms with Crippen LogP contribution in [-0.4, -0.2) is 6.71 Å². The predicted molar refractivity (Wildman–Crippen MR) is 145 cm³/mol. The van der Waals surface area contributed by atoms with Gasteiger partial charge in [-0.2, -0.15) is 0 Å². The van der Waals surface area contributed by atoms with Crippen molar-refractivity contribution in [1.29, 1.82) is 0 Å². The molecule has 3 atom stereocenters. The zero-order chi connectivity index (χ0) is 23.4. The molecule has 0 aromatic heterocycles. The molecule has 1 saturated carbocycles. The first-order chi connectivity index (χ1) is 15.2. The molecule has 3 rings (SSSR count). The lowest BCUT2D eigenvalue weighted by Gasteiger charge is -2.34. The second-order valence-electron chi connectivity index (χ2n) is 11.2. The van der Waals surface area contributed by atoms with Crippen molar-refractivity contribution in [2.24, 2.45) is 11.8 Å². The standard InChI is InChI=1S/C31H47B/c1-9-10-11-12-14-28-15-13-16-29(28)27(8)32(30-23(4)17-21(2)18-24(30)5)31-25(6)19-22(3)20-26(31)7/h17-20,27-29H,9-16H2,1-8H3. The van der Waals surface area contributed by atoms with Gasteiger partial charge in [0.2, 0.25) is 6.71 Å². The third kappa shape index (κ3) is 5.52. The van der Waals surface area contributed by atoms with Crippen LogP contribution in [0.25, 0.3) is 0 Å². The minimum Gasteiger partial charge on any atom is -0.0681 e. The van der Waals surface area contributed by atoms with E-state index in [4.69, 9.17) is 0 Å². The van der Waals surface area contributed by atoms with Crippen molar-refractivity contribution in [2.75, 3.05) is 0 Å². The van der Waals surface area contributed by atoms with Gasteiger partial charge in [-0.1, -0.05) is 140 Å². The molecule has 1 fully saturated rings. The number of hydrogen-bond donors (Lipinski definition) is 0. The monoisotopic (exact) mass is 430 g/mol. The first kappa shape index (κ1) is 25.1. The van der Waals surface area contributed by atoms with E-state index in [9.17, 15) is 0 Å². The first-order valence-corrected chi connectivity index (χ1v) is 13.4. The van der Waals surface area contributed by atoms with Crippen LogP contribution in [0.1, 0.15) is 98.6 Å². The Labute approximate surface area is 199 Å². The maximum Gasteiger partial charge on any atom is 0.213 e. The summed E-state index contributed by atoms with van der Waals surface area (Å²) in [5, 5.41) is 0. The van der Waals surface area contributed by atoms with Gasteiger partial charge in [-0.3, -0.25) is 0 Å². The van der Waals surface area contributed by atoms with Gasteiger partial charge >= 0.3 is 0 Å². The molecule has 1 aliphatic rings. The molecule has 0 aliphatic heterocycles. The maximum atomic E-state index is 2.59. The van der Waals surface area contributed by atoms with Crippen LogP contribution in [-0.2, 0) is 0 Å². The zero-order valence-electron chi connectivity index (χ0n) is 22.3. The van der Waals surface area contributed by atoms with Crippen LogP contribution in [0.15, 0.2) is 24.3 Å². The molecule has 0 radical (unpaired) electrons. The lowest BCUT2D eigenvalue weighted by atomic mass is 9.29. The van der Waals surface area contributed by atoms with Gasteiger partial charge in [0, 0.05) is 0 Å². The normalized spacial score (nSPS) is 19.4. The van der Waals surface area contributed by atoms with Crippen LogP contribution in [0.5, 0.6) is 0 Å². The van der Waals surface area contributed by atoms with Gasteiger partial charge in [0.1, 0.15) is 0 Å². The number of aryl methyl sites for hydroxylation is 6. The predicted octanol–water partition coefficient (Wildman–Crippen LogP) is 7.92. The smallest absolute Gasteiger partial charge is 0.0681 e. The number of benzene rings is 2. The Morgan fingerprint density at radius 3 is 1.72 bits per heavy atom. The Morgan fingerprint density at radius 2 is 1.25 bits per heavy atom. The fourth-order valence-electron chi connectivity index (χ4n) is 7.23. The molecule has 0 nitrogen and oxygen atoms in total. The van der Waals surface area contributed by atoms with E-state index in [-0.39, 0.29) is 0 Å². The summed E-state index contributed by atoms with van der Waals surface area (Å²) >= 11 is 0. The van der Waals surface area contributed by atoms with E-state index in [2.05, 4.69) is 79.7 Å². The van der Waals surface area contributed by atoms with Crippen molar-refractivity contribution < 1.29 is 0 Å². The molecular formula is C31H47B. The molecule has 0 N–H and O–H groups in total. The lowest BCUT2D eigenvalue weighted by Crippen LogP contribution is -2.52. The van der Waals surface area contributed by atoms with Gasteiger partial charge in [-0.25, -0.2) is 0 Å². The van der Waals surface area contributed by atoms with E-state index in [0.717, 1.165) is 11.8 Å². The quantitative estimate of drug-likeness (QED) is 0.280. The van der Waals surface area contributed by atoms with E-state index in [1.807, 2.05) is 0 Å². The van der Waals surface area contributed by atoms with E-state index in [1.165, 1.54) is 84.7 Å². The molecule has 3 unspecified atom stereocenters. The van der Waals surface area contributed by atoms with Crippen molar-refractivity contribution >= 4 is 17.6 Å². The summed E-state index contributed by atoms with van der Waals surface area (Å²) in [5.74, 6) is 2.44. The van der Waals surface area contributed by atoms with Crippen LogP contribution in [0.3, 0.4) is 0 Å². The number of rotatable bonds is 9. The zero-order valence-corrected chi connectivity index (χ0v) is 22.3. The average molecular weight is 431 g/mol. The highest BCUT2D eigenvalue weighted by molar-refractivity contribution is 6.87. The summed E-state index contributed by atoms with van der Waals surface area (Å²) in [4.78, 5) is 0. The maximum absolute atomic E-state index is 2.59. The van der Waals surface area contributed by atoms with E-state index in [1.54, 1.807) is 10.9 Å². The average Bonchev–Trinajstić information content (AvgIpc) is 3.16. The number of hydrogen-bond acceptors (Lipinski definition) is 0. The Hall–Kier alpha value is -1.50. The molecule has 0 saturated heterocycles. The topological polar surface area (TPSA) is 0 Å². The molecule has 0 spiro atoms. The van der Waals surface area contributed by atoms with E-state index in [0.29, 0.717) is 12.5 Å². The highest BCUT2D eigenvalue weighted by atomic mass is 14.3. The largest absolute Gasteiger partial charge is 0.213 e. The van der Waals surface area contributed by atoms with Crippen LogP contribution in [0.2, 0.25) is 5.82 Å². The summed E-state index contributed by atoms with van der Waals surface area (Å²) in [6.45, 7) is 19.3. The van der Waals surface area contributed by atoms with Crippen molar-refractivity contribution in [1.82, 2.24) is 0 Å². The molecule has 174 valence electrons. The van der Waals surface area contributed by atoms with Crippen molar-refractivity contribution in [3.8, 4) is 0 Å². The molecule has 2 aromatic rings. The third-order valence-electron chi connectivity index (χ3n) is 8.45. The molecule has 0 heterocycles. The molecule has 2 aromatic carbocycles. The second-order valence-corrected chi connectivity index (χ2v) is 11.2. The van der Waals surface area contributed by atoms with E-state index >= 15 is 0 Å². The van der Waals surface area contributed by atoms with Crippen LogP contribution in [0.4, 0.5) is 0 Å². The van der Waals surface area contributed by atoms with Crippen LogP contribution < -0.4 is 10.9 Å². The second kappa shape index (κ2) is 11.1. The lowest BCUT2D eigenvalue weighted by molar-refractivity contribution is 0.341. The van der Waals surface area contributed by atoms with Crippen LogP contribution in [0, 0.1) is 53.4 Å². The SMILES string of the molecule is CCCCCCC1CCCC1C(C)B(c1c(C)cc(C)cc1C)c1c(C)cc(C)cc1C. The molecule has 1 aliphatic carbocycles. The first-order valence-electron chi connectivity index (χ1n) is 13.4. The van der Waals surface area contributed by atoms with Gasteiger partial charge in [-0.15, -0.1) is 0 Å². The highest BCUT2D eigenvalue weighted by Crippen LogP contribution is 2.44. The Kier molecular flexibility index (Phi) is 8.71. The summed E-state index contributed by atoms with van der Waals surface area (Å²) in [5.41, 5.74) is 11.9. The summed E-state index contributed by atoms with van der Waals surface area (Å²) < 4.78 is 0. The molecule has 0 amide bonds. The minimum absolute atomic E-state index is 0.498. The van der Waals surface area contributed by atoms with Gasteiger partial charge in [0.05, 0.1) is 0 Å². The third-order valence-corrected chi connectivity index (χ3v) is 8.45. The molecule has 32 heavy (non-hydrogen) atoms. The number of unbranched alkanes of at least 4 members (excludes halogenated alkanes) is 3. The molecule has 1 heteroatoms. The van der Waals surface area contributed by atoms with Crippen molar-refractivity contribution in [3.05, 3.63) is 57.6 Å². The molecular weight excluding hydrogens is 383 g/mol. The minimum atomic E-state index is 0.498. The van der Waals surface area contributed by atoms with Gasteiger partial charge in [-0.05, 0) is 53.4 Å². The van der Waals surface area contributed by atoms with Gasteiger partial charge < -0.3 is 0 Å². The summed E-state index contributed by atoms with van der Waals surface area (Å²) in [6, 6.07) is 9.66. The summed E-state index contributed by atoms with van der Waals surface area (Å²) in [6.07, 6.45) is 11.3. The Morgan fingerprint density at radius 1 is 0.750 bits per heavy atom.